The highest BCUT2D eigenvalue weighted by atomic mass is 16.4. The Morgan fingerprint density at radius 3 is 2.57 bits per heavy atom. The Hall–Kier alpha value is -1.10. The number of hydrogen-bond donors (Lipinski definition) is 1. The van der Waals surface area contributed by atoms with Crippen molar-refractivity contribution in [2.75, 3.05) is 11.4 Å². The Morgan fingerprint density at radius 1 is 1.43 bits per heavy atom. The second-order valence-electron chi connectivity index (χ2n) is 3.23. The van der Waals surface area contributed by atoms with Gasteiger partial charge in [0.2, 0.25) is 5.89 Å². The molecule has 0 bridgehead atoms. The zero-order chi connectivity index (χ0) is 10.6. The van der Waals surface area contributed by atoms with Crippen LogP contribution in [0.3, 0.4) is 0 Å². The van der Waals surface area contributed by atoms with Crippen molar-refractivity contribution in [1.82, 2.24) is 10.2 Å². The molecule has 80 valence electrons. The van der Waals surface area contributed by atoms with E-state index in [-0.39, 0.29) is 0 Å². The van der Waals surface area contributed by atoms with E-state index in [9.17, 15) is 0 Å². The second kappa shape index (κ2) is 4.95. The lowest BCUT2D eigenvalue weighted by atomic mass is 10.2. The summed E-state index contributed by atoms with van der Waals surface area (Å²) in [6.07, 6.45) is 1.05. The molecule has 1 aromatic heterocycles. The lowest BCUT2D eigenvalue weighted by Crippen LogP contribution is -2.32. The molecule has 5 heteroatoms. The van der Waals surface area contributed by atoms with Gasteiger partial charge in [0.15, 0.2) is 0 Å². The lowest BCUT2D eigenvalue weighted by molar-refractivity contribution is 0.466. The molecule has 0 aliphatic heterocycles. The van der Waals surface area contributed by atoms with Gasteiger partial charge in [0.05, 0.1) is 6.54 Å². The van der Waals surface area contributed by atoms with Gasteiger partial charge in [-0.3, -0.25) is 0 Å². The number of nitrogens with two attached hydrogens (primary N) is 1. The number of anilines is 1. The molecule has 1 rings (SSSR count). The van der Waals surface area contributed by atoms with Crippen molar-refractivity contribution in [2.24, 2.45) is 5.73 Å². The van der Waals surface area contributed by atoms with Gasteiger partial charge in [-0.2, -0.15) is 0 Å². The molecule has 0 radical (unpaired) electrons. The summed E-state index contributed by atoms with van der Waals surface area (Å²) in [5, 5.41) is 7.79. The van der Waals surface area contributed by atoms with Crippen LogP contribution in [0.1, 0.15) is 33.1 Å². The first-order chi connectivity index (χ1) is 6.72. The predicted molar refractivity (Wildman–Crippen MR) is 55.0 cm³/mol. The first kappa shape index (κ1) is 11.0. The highest BCUT2D eigenvalue weighted by Crippen LogP contribution is 2.16. The standard InChI is InChI=1S/C9H18N4O/c1-4-7(3)13(5-2)9-12-11-8(6-10)14-9/h7H,4-6,10H2,1-3H3. The fourth-order valence-electron chi connectivity index (χ4n) is 1.30. The smallest absolute Gasteiger partial charge is 0.318 e. The highest BCUT2D eigenvalue weighted by molar-refractivity contribution is 5.25. The maximum Gasteiger partial charge on any atom is 0.318 e. The monoisotopic (exact) mass is 198 g/mol. The van der Waals surface area contributed by atoms with Gasteiger partial charge < -0.3 is 15.1 Å². The molecule has 0 saturated heterocycles. The summed E-state index contributed by atoms with van der Waals surface area (Å²) in [7, 11) is 0. The number of hydrogen-bond acceptors (Lipinski definition) is 5. The van der Waals surface area contributed by atoms with Crippen molar-refractivity contribution >= 4 is 6.01 Å². The molecule has 0 aliphatic rings. The van der Waals surface area contributed by atoms with E-state index in [4.69, 9.17) is 10.2 Å². The van der Waals surface area contributed by atoms with E-state index in [1.165, 1.54) is 0 Å². The molecule has 1 aromatic rings. The summed E-state index contributed by atoms with van der Waals surface area (Å²) in [5.41, 5.74) is 5.40. The SMILES string of the molecule is CCC(C)N(CC)c1nnc(CN)o1. The van der Waals surface area contributed by atoms with Crippen LogP contribution in [-0.4, -0.2) is 22.8 Å². The molecular formula is C9H18N4O. The lowest BCUT2D eigenvalue weighted by Gasteiger charge is -2.24. The number of aromatic nitrogens is 2. The van der Waals surface area contributed by atoms with E-state index >= 15 is 0 Å². The molecule has 0 aromatic carbocycles. The topological polar surface area (TPSA) is 68.2 Å². The third kappa shape index (κ3) is 2.23. The minimum absolute atomic E-state index is 0.297. The third-order valence-electron chi connectivity index (χ3n) is 2.34. The van der Waals surface area contributed by atoms with Gasteiger partial charge in [-0.25, -0.2) is 0 Å². The molecule has 0 fully saturated rings. The molecule has 5 nitrogen and oxygen atoms in total. The molecule has 1 atom stereocenters. The van der Waals surface area contributed by atoms with Crippen LogP contribution in [0.4, 0.5) is 6.01 Å². The van der Waals surface area contributed by atoms with Crippen LogP contribution in [0.15, 0.2) is 4.42 Å². The minimum atomic E-state index is 0.297. The number of nitrogens with zero attached hydrogens (tertiary/aromatic N) is 3. The fourth-order valence-corrected chi connectivity index (χ4v) is 1.30. The van der Waals surface area contributed by atoms with Crippen LogP contribution in [-0.2, 0) is 6.54 Å². The molecule has 1 unspecified atom stereocenters. The quantitative estimate of drug-likeness (QED) is 0.768. The van der Waals surface area contributed by atoms with Gasteiger partial charge in [-0.1, -0.05) is 12.0 Å². The molecule has 2 N–H and O–H groups in total. The fraction of sp³-hybridized carbons (Fsp3) is 0.778. The summed E-state index contributed by atoms with van der Waals surface area (Å²) in [5.74, 6) is 0.488. The van der Waals surface area contributed by atoms with Crippen molar-refractivity contribution in [3.8, 4) is 0 Å². The highest BCUT2D eigenvalue weighted by Gasteiger charge is 2.16. The molecule has 0 spiro atoms. The van der Waals surface area contributed by atoms with E-state index in [0.717, 1.165) is 13.0 Å². The number of rotatable bonds is 5. The second-order valence-corrected chi connectivity index (χ2v) is 3.23. The van der Waals surface area contributed by atoms with Crippen molar-refractivity contribution < 1.29 is 4.42 Å². The van der Waals surface area contributed by atoms with Crippen LogP contribution < -0.4 is 10.6 Å². The van der Waals surface area contributed by atoms with Crippen LogP contribution in [0.25, 0.3) is 0 Å². The Morgan fingerprint density at radius 2 is 2.14 bits per heavy atom. The normalized spacial score (nSPS) is 12.9. The molecule has 0 amide bonds. The Labute approximate surface area is 84.3 Å². The molecule has 0 saturated carbocycles. The average Bonchev–Trinajstić information content (AvgIpc) is 2.67. The minimum Gasteiger partial charge on any atom is -0.407 e. The van der Waals surface area contributed by atoms with Crippen molar-refractivity contribution in [3.05, 3.63) is 5.89 Å². The molecule has 1 heterocycles. The van der Waals surface area contributed by atoms with Gasteiger partial charge >= 0.3 is 6.01 Å². The van der Waals surface area contributed by atoms with Crippen molar-refractivity contribution in [1.29, 1.82) is 0 Å². The largest absolute Gasteiger partial charge is 0.407 e. The van der Waals surface area contributed by atoms with E-state index in [1.54, 1.807) is 0 Å². The summed E-state index contributed by atoms with van der Waals surface area (Å²) in [6.45, 7) is 7.49. The Kier molecular flexibility index (Phi) is 3.88. The Bertz CT molecular complexity index is 274. The molecular weight excluding hydrogens is 180 g/mol. The van der Waals surface area contributed by atoms with Gasteiger partial charge in [0.1, 0.15) is 0 Å². The predicted octanol–water partition coefficient (Wildman–Crippen LogP) is 1.15. The van der Waals surface area contributed by atoms with E-state index in [1.807, 2.05) is 0 Å². The zero-order valence-electron chi connectivity index (χ0n) is 9.03. The van der Waals surface area contributed by atoms with Crippen molar-refractivity contribution in [3.63, 3.8) is 0 Å². The maximum atomic E-state index is 5.40. The average molecular weight is 198 g/mol. The zero-order valence-corrected chi connectivity index (χ0v) is 9.03. The van der Waals surface area contributed by atoms with E-state index < -0.39 is 0 Å². The Balaban J connectivity index is 2.78. The summed E-state index contributed by atoms with van der Waals surface area (Å²) in [4.78, 5) is 2.08. The molecule has 14 heavy (non-hydrogen) atoms. The third-order valence-corrected chi connectivity index (χ3v) is 2.34. The first-order valence-electron chi connectivity index (χ1n) is 5.02. The van der Waals surface area contributed by atoms with Gasteiger partial charge in [-0.15, -0.1) is 5.10 Å². The summed E-state index contributed by atoms with van der Waals surface area (Å²) < 4.78 is 5.39. The first-order valence-corrected chi connectivity index (χ1v) is 5.02. The van der Waals surface area contributed by atoms with Crippen molar-refractivity contribution in [2.45, 2.75) is 39.8 Å². The van der Waals surface area contributed by atoms with Gasteiger partial charge in [0, 0.05) is 12.6 Å². The van der Waals surface area contributed by atoms with Crippen LogP contribution in [0.2, 0.25) is 0 Å². The molecule has 0 aliphatic carbocycles. The van der Waals surface area contributed by atoms with E-state index in [2.05, 4.69) is 35.9 Å². The van der Waals surface area contributed by atoms with Gasteiger partial charge in [-0.05, 0) is 20.3 Å². The van der Waals surface area contributed by atoms with Crippen LogP contribution >= 0.6 is 0 Å². The maximum absolute atomic E-state index is 5.40. The van der Waals surface area contributed by atoms with E-state index in [0.29, 0.717) is 24.5 Å². The van der Waals surface area contributed by atoms with Crippen LogP contribution in [0, 0.1) is 0 Å². The van der Waals surface area contributed by atoms with Gasteiger partial charge in [0.25, 0.3) is 0 Å². The summed E-state index contributed by atoms with van der Waals surface area (Å²) >= 11 is 0. The van der Waals surface area contributed by atoms with Crippen LogP contribution in [0.5, 0.6) is 0 Å². The summed E-state index contributed by atoms with van der Waals surface area (Å²) in [6, 6.07) is 0.980.